The number of esters is 1. The Balaban J connectivity index is 2.26. The zero-order valence-electron chi connectivity index (χ0n) is 10.9. The zero-order chi connectivity index (χ0) is 15.4. The second kappa shape index (κ2) is 6.53. The lowest BCUT2D eigenvalue weighted by atomic mass is 10.2. The molecule has 2 aromatic rings. The largest absolute Gasteiger partial charge is 0.496 e. The molecule has 0 saturated carbocycles. The molecule has 0 unspecified atom stereocenters. The normalized spacial score (nSPS) is 10.0. The molecule has 2 aromatic carbocycles. The van der Waals surface area contributed by atoms with Crippen LogP contribution >= 0.6 is 22.6 Å². The summed E-state index contributed by atoms with van der Waals surface area (Å²) in [5.41, 5.74) is 0.0346. The van der Waals surface area contributed by atoms with Gasteiger partial charge in [-0.15, -0.1) is 0 Å². The fraction of sp³-hybridized carbons (Fsp3) is 0.0714. The summed E-state index contributed by atoms with van der Waals surface area (Å²) in [7, 11) is 1.53. The maximum absolute atomic E-state index is 12.1. The Morgan fingerprint density at radius 2 is 1.90 bits per heavy atom. The molecule has 0 heterocycles. The van der Waals surface area contributed by atoms with E-state index in [-0.39, 0.29) is 11.4 Å². The van der Waals surface area contributed by atoms with Crippen LogP contribution in [0.25, 0.3) is 0 Å². The number of carbonyl (C=O) groups is 1. The van der Waals surface area contributed by atoms with Crippen molar-refractivity contribution in [3.63, 3.8) is 0 Å². The number of methoxy groups -OCH3 is 1. The molecule has 0 spiro atoms. The van der Waals surface area contributed by atoms with Gasteiger partial charge in [0.1, 0.15) is 5.75 Å². The topological polar surface area (TPSA) is 78.7 Å². The maximum atomic E-state index is 12.1. The minimum Gasteiger partial charge on any atom is -0.496 e. The fourth-order valence-corrected chi connectivity index (χ4v) is 2.38. The van der Waals surface area contributed by atoms with Crippen molar-refractivity contribution in [2.75, 3.05) is 7.11 Å². The molecule has 0 N–H and O–H groups in total. The smallest absolute Gasteiger partial charge is 0.343 e. The average molecular weight is 399 g/mol. The molecule has 0 fully saturated rings. The second-order valence-electron chi connectivity index (χ2n) is 3.96. The summed E-state index contributed by atoms with van der Waals surface area (Å²) in [6.45, 7) is 0. The van der Waals surface area contributed by atoms with Crippen molar-refractivity contribution in [3.05, 3.63) is 61.7 Å². The van der Waals surface area contributed by atoms with E-state index in [0.29, 0.717) is 11.3 Å². The molecule has 0 saturated heterocycles. The molecule has 0 aliphatic carbocycles. The van der Waals surface area contributed by atoms with E-state index in [9.17, 15) is 14.9 Å². The molecule has 0 bridgehead atoms. The monoisotopic (exact) mass is 399 g/mol. The van der Waals surface area contributed by atoms with Crippen LogP contribution < -0.4 is 9.47 Å². The van der Waals surface area contributed by atoms with E-state index in [4.69, 9.17) is 9.47 Å². The number of carbonyl (C=O) groups excluding carboxylic acids is 1. The van der Waals surface area contributed by atoms with Crippen LogP contribution in [0.2, 0.25) is 0 Å². The summed E-state index contributed by atoms with van der Waals surface area (Å²) >= 11 is 2.03. The van der Waals surface area contributed by atoms with Crippen LogP contribution in [0.4, 0.5) is 5.69 Å². The number of para-hydroxylation sites is 2. The van der Waals surface area contributed by atoms with Crippen molar-refractivity contribution in [1.29, 1.82) is 0 Å². The Bertz CT molecular complexity index is 702. The summed E-state index contributed by atoms with van der Waals surface area (Å²) in [5.74, 6) is -0.110. The van der Waals surface area contributed by atoms with Crippen molar-refractivity contribution in [1.82, 2.24) is 0 Å². The number of ether oxygens (including phenoxy) is 2. The fourth-order valence-electron chi connectivity index (χ4n) is 1.65. The van der Waals surface area contributed by atoms with Gasteiger partial charge in [0.25, 0.3) is 0 Å². The minimum atomic E-state index is -0.662. The highest BCUT2D eigenvalue weighted by atomic mass is 127. The third-order valence-electron chi connectivity index (χ3n) is 2.65. The van der Waals surface area contributed by atoms with Crippen LogP contribution in [-0.4, -0.2) is 18.0 Å². The standard InChI is InChI=1S/C14H10INO5/c1-20-12-7-6-9(8-10(12)15)14(17)21-13-5-3-2-4-11(13)16(18)19/h2-8H,1H3. The molecule has 0 atom stereocenters. The van der Waals surface area contributed by atoms with Crippen LogP contribution in [0.15, 0.2) is 42.5 Å². The van der Waals surface area contributed by atoms with E-state index in [1.54, 1.807) is 18.2 Å². The first kappa shape index (κ1) is 15.2. The molecular weight excluding hydrogens is 389 g/mol. The molecular formula is C14H10INO5. The first-order valence-corrected chi connectivity index (χ1v) is 6.90. The van der Waals surface area contributed by atoms with Crippen molar-refractivity contribution in [3.8, 4) is 11.5 Å². The van der Waals surface area contributed by atoms with Crippen LogP contribution in [0, 0.1) is 13.7 Å². The number of halogens is 1. The van der Waals surface area contributed by atoms with Gasteiger partial charge in [-0.05, 0) is 46.9 Å². The average Bonchev–Trinajstić information content (AvgIpc) is 2.47. The van der Waals surface area contributed by atoms with Gasteiger partial charge < -0.3 is 9.47 Å². The van der Waals surface area contributed by atoms with Gasteiger partial charge in [-0.1, -0.05) is 12.1 Å². The van der Waals surface area contributed by atoms with Gasteiger partial charge in [-0.3, -0.25) is 10.1 Å². The van der Waals surface area contributed by atoms with E-state index in [0.717, 1.165) is 3.57 Å². The number of rotatable bonds is 4. The van der Waals surface area contributed by atoms with E-state index in [2.05, 4.69) is 0 Å². The highest BCUT2D eigenvalue weighted by Gasteiger charge is 2.18. The molecule has 0 amide bonds. The van der Waals surface area contributed by atoms with Crippen molar-refractivity contribution in [2.24, 2.45) is 0 Å². The van der Waals surface area contributed by atoms with Gasteiger partial charge in [0.2, 0.25) is 5.75 Å². The van der Waals surface area contributed by atoms with Gasteiger partial charge in [0, 0.05) is 6.07 Å². The molecule has 0 aromatic heterocycles. The van der Waals surface area contributed by atoms with Gasteiger partial charge in [0.15, 0.2) is 0 Å². The molecule has 7 heteroatoms. The molecule has 21 heavy (non-hydrogen) atoms. The number of benzene rings is 2. The summed E-state index contributed by atoms with van der Waals surface area (Å²) in [6.07, 6.45) is 0. The Labute approximate surface area is 134 Å². The molecule has 0 aliphatic heterocycles. The minimum absolute atomic E-state index is 0.0849. The first-order chi connectivity index (χ1) is 10.0. The molecule has 2 rings (SSSR count). The van der Waals surface area contributed by atoms with Crippen LogP contribution in [0.3, 0.4) is 0 Å². The third kappa shape index (κ3) is 3.48. The van der Waals surface area contributed by atoms with Crippen molar-refractivity contribution >= 4 is 34.2 Å². The Kier molecular flexibility index (Phi) is 4.73. The van der Waals surface area contributed by atoms with Crippen molar-refractivity contribution in [2.45, 2.75) is 0 Å². The maximum Gasteiger partial charge on any atom is 0.343 e. The number of hydrogen-bond acceptors (Lipinski definition) is 5. The van der Waals surface area contributed by atoms with Gasteiger partial charge in [-0.25, -0.2) is 4.79 Å². The lowest BCUT2D eigenvalue weighted by Gasteiger charge is -2.07. The van der Waals surface area contributed by atoms with Crippen molar-refractivity contribution < 1.29 is 19.2 Å². The molecule has 6 nitrogen and oxygen atoms in total. The Morgan fingerprint density at radius 1 is 1.19 bits per heavy atom. The summed E-state index contributed by atoms with van der Waals surface area (Å²) in [6, 6.07) is 10.5. The van der Waals surface area contributed by atoms with E-state index in [1.807, 2.05) is 22.6 Å². The van der Waals surface area contributed by atoms with E-state index < -0.39 is 10.9 Å². The summed E-state index contributed by atoms with van der Waals surface area (Å²) < 4.78 is 10.9. The quantitative estimate of drug-likeness (QED) is 0.259. The SMILES string of the molecule is COc1ccc(C(=O)Oc2ccccc2[N+](=O)[O-])cc1I. The van der Waals surface area contributed by atoms with Crippen LogP contribution in [-0.2, 0) is 0 Å². The Morgan fingerprint density at radius 3 is 2.52 bits per heavy atom. The highest BCUT2D eigenvalue weighted by molar-refractivity contribution is 14.1. The predicted octanol–water partition coefficient (Wildman–Crippen LogP) is 3.43. The summed E-state index contributed by atoms with van der Waals surface area (Å²) in [5, 5.41) is 10.9. The molecule has 108 valence electrons. The number of nitrogens with zero attached hydrogens (tertiary/aromatic N) is 1. The van der Waals surface area contributed by atoms with E-state index in [1.165, 1.54) is 31.4 Å². The number of nitro benzene ring substituents is 1. The first-order valence-electron chi connectivity index (χ1n) is 5.82. The molecule has 0 aliphatic rings. The predicted molar refractivity (Wildman–Crippen MR) is 83.8 cm³/mol. The van der Waals surface area contributed by atoms with Gasteiger partial charge >= 0.3 is 11.7 Å². The van der Waals surface area contributed by atoms with Crippen LogP contribution in [0.1, 0.15) is 10.4 Å². The Hall–Kier alpha value is -2.16. The second-order valence-corrected chi connectivity index (χ2v) is 5.13. The molecule has 0 radical (unpaired) electrons. The van der Waals surface area contributed by atoms with Gasteiger partial charge in [0.05, 0.1) is 21.2 Å². The third-order valence-corrected chi connectivity index (χ3v) is 3.50. The lowest BCUT2D eigenvalue weighted by molar-refractivity contribution is -0.385. The summed E-state index contributed by atoms with van der Waals surface area (Å²) in [4.78, 5) is 22.3. The van der Waals surface area contributed by atoms with Crippen LogP contribution in [0.5, 0.6) is 11.5 Å². The van der Waals surface area contributed by atoms with E-state index >= 15 is 0 Å². The number of nitro groups is 1. The lowest BCUT2D eigenvalue weighted by Crippen LogP contribution is -2.10. The zero-order valence-corrected chi connectivity index (χ0v) is 13.1. The van der Waals surface area contributed by atoms with Gasteiger partial charge in [-0.2, -0.15) is 0 Å². The number of hydrogen-bond donors (Lipinski definition) is 0. The highest BCUT2D eigenvalue weighted by Crippen LogP contribution is 2.27.